The van der Waals surface area contributed by atoms with Crippen molar-refractivity contribution in [2.75, 3.05) is 0 Å². The van der Waals surface area contributed by atoms with Gasteiger partial charge in [-0.3, -0.25) is 0 Å². The highest BCUT2D eigenvalue weighted by molar-refractivity contribution is 7.81. The molecule has 2 heteroatoms. The van der Waals surface area contributed by atoms with Gasteiger partial charge in [0.05, 0.1) is 6.10 Å². The first-order chi connectivity index (χ1) is 5.41. The van der Waals surface area contributed by atoms with Crippen LogP contribution in [0.15, 0.2) is 0 Å². The van der Waals surface area contributed by atoms with E-state index in [1.807, 2.05) is 0 Å². The lowest BCUT2D eigenvalue weighted by atomic mass is 9.70. The number of fused-ring (bicyclic) bond motifs is 2. The normalized spacial score (nSPS) is 56.2. The van der Waals surface area contributed by atoms with E-state index < -0.39 is 0 Å². The van der Waals surface area contributed by atoms with Crippen molar-refractivity contribution < 1.29 is 5.11 Å². The van der Waals surface area contributed by atoms with Gasteiger partial charge in [0, 0.05) is 5.25 Å². The van der Waals surface area contributed by atoms with Crippen molar-refractivity contribution in [2.45, 2.75) is 45.0 Å². The Balaban J connectivity index is 2.44. The standard InChI is InChI=1S/C10H18OS/c1-9(2)6-4-5-10(9,3)8(11)7(6)12/h6-8,11-12H,4-5H2,1-3H3/t6-,7+,8-,10?/m1/s1. The highest BCUT2D eigenvalue weighted by atomic mass is 32.1. The average molecular weight is 186 g/mol. The highest BCUT2D eigenvalue weighted by Gasteiger charge is 2.64. The van der Waals surface area contributed by atoms with Gasteiger partial charge in [0.1, 0.15) is 0 Å². The number of hydrogen-bond donors (Lipinski definition) is 2. The summed E-state index contributed by atoms with van der Waals surface area (Å²) in [4.78, 5) is 0. The van der Waals surface area contributed by atoms with Crippen LogP contribution in [-0.2, 0) is 0 Å². The van der Waals surface area contributed by atoms with Crippen molar-refractivity contribution >= 4 is 12.6 Å². The molecule has 1 N–H and O–H groups in total. The number of thiol groups is 1. The van der Waals surface area contributed by atoms with Crippen LogP contribution < -0.4 is 0 Å². The smallest absolute Gasteiger partial charge is 0.0717 e. The van der Waals surface area contributed by atoms with Crippen LogP contribution in [0.5, 0.6) is 0 Å². The number of aliphatic hydroxyl groups is 1. The molecule has 0 amide bonds. The Morgan fingerprint density at radius 3 is 2.17 bits per heavy atom. The van der Waals surface area contributed by atoms with Crippen molar-refractivity contribution in [3.8, 4) is 0 Å². The molecule has 4 atom stereocenters. The van der Waals surface area contributed by atoms with Crippen LogP contribution in [0.3, 0.4) is 0 Å². The minimum absolute atomic E-state index is 0.115. The van der Waals surface area contributed by atoms with Gasteiger partial charge in [0.25, 0.3) is 0 Å². The Morgan fingerprint density at radius 2 is 1.92 bits per heavy atom. The second-order valence-corrected chi connectivity index (χ2v) is 5.82. The lowest BCUT2D eigenvalue weighted by molar-refractivity contribution is 0.0150. The van der Waals surface area contributed by atoms with E-state index in [1.165, 1.54) is 12.8 Å². The molecule has 2 aliphatic carbocycles. The third-order valence-electron chi connectivity index (χ3n) is 4.76. The van der Waals surface area contributed by atoms with Crippen LogP contribution >= 0.6 is 12.6 Å². The maximum Gasteiger partial charge on any atom is 0.0717 e. The lowest BCUT2D eigenvalue weighted by Crippen LogP contribution is -2.37. The van der Waals surface area contributed by atoms with Crippen molar-refractivity contribution in [2.24, 2.45) is 16.7 Å². The van der Waals surface area contributed by atoms with Crippen molar-refractivity contribution in [1.82, 2.24) is 0 Å². The van der Waals surface area contributed by atoms with Crippen LogP contribution in [0.1, 0.15) is 33.6 Å². The molecule has 2 saturated carbocycles. The van der Waals surface area contributed by atoms with E-state index in [1.54, 1.807) is 0 Å². The van der Waals surface area contributed by atoms with Crippen LogP contribution in [0, 0.1) is 16.7 Å². The molecule has 0 saturated heterocycles. The SMILES string of the molecule is CC1(C)[C@@H]2CCC1(C)[C@H](O)[C@H]2S. The van der Waals surface area contributed by atoms with Gasteiger partial charge < -0.3 is 5.11 Å². The first-order valence-electron chi connectivity index (χ1n) is 4.77. The molecule has 0 aromatic carbocycles. The molecule has 2 rings (SSSR count). The van der Waals surface area contributed by atoms with Gasteiger partial charge in [0.2, 0.25) is 0 Å². The molecule has 12 heavy (non-hydrogen) atoms. The lowest BCUT2D eigenvalue weighted by Gasteiger charge is -2.36. The Kier molecular flexibility index (Phi) is 1.64. The minimum Gasteiger partial charge on any atom is -0.391 e. The summed E-state index contributed by atoms with van der Waals surface area (Å²) in [6.45, 7) is 6.78. The zero-order chi connectivity index (χ0) is 9.15. The summed E-state index contributed by atoms with van der Waals surface area (Å²) in [5.74, 6) is 0.612. The van der Waals surface area contributed by atoms with Crippen molar-refractivity contribution in [3.63, 3.8) is 0 Å². The monoisotopic (exact) mass is 186 g/mol. The second-order valence-electron chi connectivity index (χ2n) is 5.22. The second kappa shape index (κ2) is 2.21. The van der Waals surface area contributed by atoms with Crippen LogP contribution in [0.2, 0.25) is 0 Å². The molecule has 2 aliphatic rings. The first kappa shape index (κ1) is 8.89. The van der Waals surface area contributed by atoms with Crippen molar-refractivity contribution in [3.05, 3.63) is 0 Å². The fraction of sp³-hybridized carbons (Fsp3) is 1.00. The summed E-state index contributed by atoms with van der Waals surface area (Å²) in [6.07, 6.45) is 2.21. The molecule has 2 fully saturated rings. The van der Waals surface area contributed by atoms with E-state index in [9.17, 15) is 5.11 Å². The maximum atomic E-state index is 10.0. The molecule has 0 aliphatic heterocycles. The summed E-state index contributed by atoms with van der Waals surface area (Å²) >= 11 is 4.51. The topological polar surface area (TPSA) is 20.2 Å². The molecule has 2 bridgehead atoms. The summed E-state index contributed by atoms with van der Waals surface area (Å²) in [7, 11) is 0. The van der Waals surface area contributed by atoms with Gasteiger partial charge in [-0.2, -0.15) is 12.6 Å². The molecule has 0 aromatic rings. The third-order valence-corrected chi connectivity index (χ3v) is 5.40. The van der Waals surface area contributed by atoms with Crippen molar-refractivity contribution in [1.29, 1.82) is 0 Å². The average Bonchev–Trinajstić information content (AvgIpc) is 2.26. The fourth-order valence-corrected chi connectivity index (χ4v) is 4.14. The van der Waals surface area contributed by atoms with Gasteiger partial charge >= 0.3 is 0 Å². The molecule has 0 aromatic heterocycles. The quantitative estimate of drug-likeness (QED) is 0.555. The number of rotatable bonds is 0. The largest absolute Gasteiger partial charge is 0.391 e. The number of hydrogen-bond acceptors (Lipinski definition) is 2. The summed E-state index contributed by atoms with van der Waals surface area (Å²) in [6, 6.07) is 0. The summed E-state index contributed by atoms with van der Waals surface area (Å²) in [5, 5.41) is 10.2. The van der Waals surface area contributed by atoms with Crippen LogP contribution in [0.25, 0.3) is 0 Å². The van der Waals surface area contributed by atoms with Gasteiger partial charge in [-0.15, -0.1) is 0 Å². The van der Waals surface area contributed by atoms with Gasteiger partial charge in [-0.05, 0) is 29.6 Å². The zero-order valence-corrected chi connectivity index (χ0v) is 8.94. The van der Waals surface area contributed by atoms with E-state index in [0.717, 1.165) is 0 Å². The molecular formula is C10H18OS. The zero-order valence-electron chi connectivity index (χ0n) is 8.04. The highest BCUT2D eigenvalue weighted by Crippen LogP contribution is 2.66. The predicted molar refractivity (Wildman–Crippen MR) is 53.4 cm³/mol. The molecule has 1 nitrogen and oxygen atoms in total. The van der Waals surface area contributed by atoms with Crippen LogP contribution in [0.4, 0.5) is 0 Å². The molecule has 0 spiro atoms. The maximum absolute atomic E-state index is 10.0. The van der Waals surface area contributed by atoms with E-state index in [-0.39, 0.29) is 22.2 Å². The first-order valence-corrected chi connectivity index (χ1v) is 5.29. The Labute approximate surface area is 80.0 Å². The molecular weight excluding hydrogens is 168 g/mol. The Bertz CT molecular complexity index is 214. The predicted octanol–water partition coefficient (Wildman–Crippen LogP) is 2.10. The molecule has 0 radical (unpaired) electrons. The van der Waals surface area contributed by atoms with Gasteiger partial charge in [-0.1, -0.05) is 20.8 Å². The van der Waals surface area contributed by atoms with E-state index in [4.69, 9.17) is 0 Å². The Morgan fingerprint density at radius 1 is 1.33 bits per heavy atom. The van der Waals surface area contributed by atoms with E-state index >= 15 is 0 Å². The molecule has 70 valence electrons. The fourth-order valence-electron chi connectivity index (χ4n) is 3.29. The van der Waals surface area contributed by atoms with Gasteiger partial charge in [-0.25, -0.2) is 0 Å². The third kappa shape index (κ3) is 0.717. The Hall–Kier alpha value is 0.310. The van der Waals surface area contributed by atoms with E-state index in [0.29, 0.717) is 5.92 Å². The molecule has 1 unspecified atom stereocenters. The van der Waals surface area contributed by atoms with Crippen LogP contribution in [-0.4, -0.2) is 16.5 Å². The van der Waals surface area contributed by atoms with E-state index in [2.05, 4.69) is 33.4 Å². The molecule has 0 heterocycles. The minimum atomic E-state index is -0.199. The summed E-state index contributed by atoms with van der Waals surface area (Å²) < 4.78 is 0. The number of aliphatic hydroxyl groups excluding tert-OH is 1. The summed E-state index contributed by atoms with van der Waals surface area (Å²) in [5.41, 5.74) is 0.392. The van der Waals surface area contributed by atoms with Gasteiger partial charge in [0.15, 0.2) is 0 Å².